The van der Waals surface area contributed by atoms with Gasteiger partial charge >= 0.3 is 0 Å². The third-order valence-corrected chi connectivity index (χ3v) is 4.06. The largest absolute Gasteiger partial charge is 0.493 e. The molecule has 0 saturated heterocycles. The summed E-state index contributed by atoms with van der Waals surface area (Å²) in [4.78, 5) is 0. The van der Waals surface area contributed by atoms with E-state index in [1.165, 1.54) is 11.1 Å². The molecule has 0 aromatic heterocycles. The van der Waals surface area contributed by atoms with Crippen LogP contribution in [0.5, 0.6) is 11.5 Å². The third kappa shape index (κ3) is 3.14. The van der Waals surface area contributed by atoms with Gasteiger partial charge in [0.1, 0.15) is 0 Å². The minimum atomic E-state index is -0.309. The third-order valence-electron chi connectivity index (χ3n) is 3.73. The Morgan fingerprint density at radius 1 is 0.952 bits per heavy atom. The lowest BCUT2D eigenvalue weighted by molar-refractivity contribution is 0.354. The highest BCUT2D eigenvalue weighted by molar-refractivity contribution is 6.31. The van der Waals surface area contributed by atoms with E-state index >= 15 is 0 Å². The van der Waals surface area contributed by atoms with E-state index in [2.05, 4.69) is 26.0 Å². The zero-order valence-electron chi connectivity index (χ0n) is 12.7. The lowest BCUT2D eigenvalue weighted by Gasteiger charge is -2.18. The van der Waals surface area contributed by atoms with E-state index in [0.29, 0.717) is 16.5 Å². The molecule has 0 aliphatic rings. The van der Waals surface area contributed by atoms with Crippen molar-refractivity contribution in [1.82, 2.24) is 0 Å². The molecule has 112 valence electrons. The van der Waals surface area contributed by atoms with E-state index in [-0.39, 0.29) is 6.04 Å². The Morgan fingerprint density at radius 3 is 2.14 bits per heavy atom. The van der Waals surface area contributed by atoms with Crippen LogP contribution in [0, 0.1) is 13.8 Å². The molecule has 1 atom stereocenters. The standard InChI is InChI=1S/C17H20ClNO2/c1-10-5-6-12(7-11(10)2)17(19)13-8-15(20-3)16(21-4)9-14(13)18/h5-9,17H,19H2,1-4H3. The van der Waals surface area contributed by atoms with E-state index in [1.807, 2.05) is 12.1 Å². The van der Waals surface area contributed by atoms with E-state index in [0.717, 1.165) is 11.1 Å². The normalized spacial score (nSPS) is 12.1. The quantitative estimate of drug-likeness (QED) is 0.928. The predicted octanol–water partition coefficient (Wildman–Crippen LogP) is 4.02. The fourth-order valence-corrected chi connectivity index (χ4v) is 2.52. The Bertz CT molecular complexity index is 655. The maximum atomic E-state index is 6.37. The van der Waals surface area contributed by atoms with Crippen molar-refractivity contribution in [2.24, 2.45) is 5.73 Å². The lowest BCUT2D eigenvalue weighted by atomic mass is 9.96. The van der Waals surface area contributed by atoms with Gasteiger partial charge in [0.05, 0.1) is 20.3 Å². The predicted molar refractivity (Wildman–Crippen MR) is 86.5 cm³/mol. The van der Waals surface area contributed by atoms with Crippen LogP contribution in [-0.2, 0) is 0 Å². The molecule has 1 unspecified atom stereocenters. The Kier molecular flexibility index (Phi) is 4.76. The first kappa shape index (κ1) is 15.7. The number of hydrogen-bond donors (Lipinski definition) is 1. The molecular formula is C17H20ClNO2. The van der Waals surface area contributed by atoms with Gasteiger partial charge in [-0.15, -0.1) is 0 Å². The Hall–Kier alpha value is -1.71. The molecule has 3 nitrogen and oxygen atoms in total. The number of ether oxygens (including phenoxy) is 2. The van der Waals surface area contributed by atoms with Gasteiger partial charge in [0, 0.05) is 11.1 Å². The van der Waals surface area contributed by atoms with Gasteiger partial charge in [0.15, 0.2) is 11.5 Å². The lowest BCUT2D eigenvalue weighted by Crippen LogP contribution is -2.13. The molecule has 2 aromatic rings. The molecule has 2 rings (SSSR count). The first-order valence-corrected chi connectivity index (χ1v) is 7.10. The van der Waals surface area contributed by atoms with E-state index < -0.39 is 0 Å². The molecule has 0 radical (unpaired) electrons. The van der Waals surface area contributed by atoms with Crippen LogP contribution >= 0.6 is 11.6 Å². The van der Waals surface area contributed by atoms with Crippen LogP contribution in [0.2, 0.25) is 5.02 Å². The van der Waals surface area contributed by atoms with Gasteiger partial charge in [-0.3, -0.25) is 0 Å². The van der Waals surface area contributed by atoms with Crippen molar-refractivity contribution >= 4 is 11.6 Å². The van der Waals surface area contributed by atoms with Gasteiger partial charge in [0.25, 0.3) is 0 Å². The zero-order chi connectivity index (χ0) is 15.6. The fourth-order valence-electron chi connectivity index (χ4n) is 2.25. The zero-order valence-corrected chi connectivity index (χ0v) is 13.5. The monoisotopic (exact) mass is 305 g/mol. The number of halogens is 1. The molecule has 0 heterocycles. The smallest absolute Gasteiger partial charge is 0.162 e. The first-order valence-electron chi connectivity index (χ1n) is 6.72. The number of methoxy groups -OCH3 is 2. The molecule has 0 fully saturated rings. The van der Waals surface area contributed by atoms with Crippen molar-refractivity contribution in [2.45, 2.75) is 19.9 Å². The van der Waals surface area contributed by atoms with Crippen LogP contribution < -0.4 is 15.2 Å². The summed E-state index contributed by atoms with van der Waals surface area (Å²) in [7, 11) is 3.17. The molecule has 0 aliphatic heterocycles. The van der Waals surface area contributed by atoms with Crippen molar-refractivity contribution in [3.63, 3.8) is 0 Å². The molecule has 0 aliphatic carbocycles. The van der Waals surface area contributed by atoms with Crippen LogP contribution in [0.25, 0.3) is 0 Å². The summed E-state index contributed by atoms with van der Waals surface area (Å²) in [6.07, 6.45) is 0. The summed E-state index contributed by atoms with van der Waals surface area (Å²) in [6.45, 7) is 4.15. The van der Waals surface area contributed by atoms with Crippen LogP contribution in [-0.4, -0.2) is 14.2 Å². The summed E-state index contributed by atoms with van der Waals surface area (Å²) in [5.74, 6) is 1.22. The second kappa shape index (κ2) is 6.37. The molecule has 2 aromatic carbocycles. The number of rotatable bonds is 4. The van der Waals surface area contributed by atoms with Crippen molar-refractivity contribution in [1.29, 1.82) is 0 Å². The van der Waals surface area contributed by atoms with E-state index in [9.17, 15) is 0 Å². The molecule has 0 saturated carbocycles. The second-order valence-electron chi connectivity index (χ2n) is 5.05. The van der Waals surface area contributed by atoms with Gasteiger partial charge in [-0.25, -0.2) is 0 Å². The minimum absolute atomic E-state index is 0.309. The van der Waals surface area contributed by atoms with Crippen LogP contribution in [0.1, 0.15) is 28.3 Å². The molecule has 0 spiro atoms. The second-order valence-corrected chi connectivity index (χ2v) is 5.46. The maximum Gasteiger partial charge on any atom is 0.162 e. The maximum absolute atomic E-state index is 6.37. The van der Waals surface area contributed by atoms with Gasteiger partial charge < -0.3 is 15.2 Å². The number of benzene rings is 2. The first-order chi connectivity index (χ1) is 9.97. The van der Waals surface area contributed by atoms with Crippen LogP contribution in [0.3, 0.4) is 0 Å². The Balaban J connectivity index is 2.47. The number of hydrogen-bond acceptors (Lipinski definition) is 3. The highest BCUT2D eigenvalue weighted by Crippen LogP contribution is 2.37. The topological polar surface area (TPSA) is 44.5 Å². The van der Waals surface area contributed by atoms with Crippen LogP contribution in [0.4, 0.5) is 0 Å². The van der Waals surface area contributed by atoms with Gasteiger partial charge in [-0.2, -0.15) is 0 Å². The number of aryl methyl sites for hydroxylation is 2. The van der Waals surface area contributed by atoms with Gasteiger partial charge in [-0.1, -0.05) is 29.8 Å². The van der Waals surface area contributed by atoms with Gasteiger partial charge in [-0.05, 0) is 42.2 Å². The molecule has 21 heavy (non-hydrogen) atoms. The number of nitrogens with two attached hydrogens (primary N) is 1. The fraction of sp³-hybridized carbons (Fsp3) is 0.294. The summed E-state index contributed by atoms with van der Waals surface area (Å²) in [6, 6.07) is 9.45. The summed E-state index contributed by atoms with van der Waals surface area (Å²) in [5, 5.41) is 0.568. The summed E-state index contributed by atoms with van der Waals surface area (Å²) >= 11 is 6.34. The molecular weight excluding hydrogens is 286 g/mol. The molecule has 4 heteroatoms. The Morgan fingerprint density at radius 2 is 1.57 bits per heavy atom. The summed E-state index contributed by atoms with van der Waals surface area (Å²) < 4.78 is 10.6. The highest BCUT2D eigenvalue weighted by Gasteiger charge is 2.17. The molecule has 0 amide bonds. The Labute approximate surface area is 130 Å². The van der Waals surface area contributed by atoms with E-state index in [1.54, 1.807) is 20.3 Å². The molecule has 0 bridgehead atoms. The minimum Gasteiger partial charge on any atom is -0.493 e. The van der Waals surface area contributed by atoms with Crippen molar-refractivity contribution in [3.8, 4) is 11.5 Å². The van der Waals surface area contributed by atoms with Gasteiger partial charge in [0.2, 0.25) is 0 Å². The van der Waals surface area contributed by atoms with Crippen LogP contribution in [0.15, 0.2) is 30.3 Å². The molecule has 2 N–H and O–H groups in total. The average Bonchev–Trinajstić information content (AvgIpc) is 2.49. The van der Waals surface area contributed by atoms with E-state index in [4.69, 9.17) is 26.8 Å². The summed E-state index contributed by atoms with van der Waals surface area (Å²) in [5.41, 5.74) is 10.7. The SMILES string of the molecule is COc1cc(Cl)c(C(N)c2ccc(C)c(C)c2)cc1OC. The average molecular weight is 306 g/mol. The van der Waals surface area contributed by atoms with Crippen molar-refractivity contribution in [3.05, 3.63) is 57.6 Å². The van der Waals surface area contributed by atoms with Crippen molar-refractivity contribution in [2.75, 3.05) is 14.2 Å². The highest BCUT2D eigenvalue weighted by atomic mass is 35.5. The van der Waals surface area contributed by atoms with Crippen molar-refractivity contribution < 1.29 is 9.47 Å².